The van der Waals surface area contributed by atoms with E-state index < -0.39 is 51.0 Å². The second kappa shape index (κ2) is 7.28. The van der Waals surface area contributed by atoms with Crippen molar-refractivity contribution >= 4 is 17.3 Å². The average molecular weight is 469 g/mol. The van der Waals surface area contributed by atoms with E-state index in [-0.39, 0.29) is 35.0 Å². The Morgan fingerprint density at radius 3 is 2.29 bits per heavy atom. The minimum Gasteiger partial charge on any atom is -0.511 e. The zero-order valence-corrected chi connectivity index (χ0v) is 20.4. The average Bonchev–Trinajstić information content (AvgIpc) is 2.70. The molecule has 0 spiro atoms. The van der Waals surface area contributed by atoms with Crippen molar-refractivity contribution in [1.82, 2.24) is 0 Å². The highest BCUT2D eigenvalue weighted by Crippen LogP contribution is 2.65. The number of phenolic OH excluding ortho intramolecular Hbond substituents is 1. The summed E-state index contributed by atoms with van der Waals surface area (Å²) in [5, 5.41) is 45.1. The SMILES string of the molecule is CCc1ccc(O)c2c1C[C@]1(C)C[C@]3(C)C(C(C)C)C(O)=C(C(C)=O)C(=O)[C@]3(O)C(O)=C1C2=O. The van der Waals surface area contributed by atoms with Crippen molar-refractivity contribution < 1.29 is 34.8 Å². The van der Waals surface area contributed by atoms with E-state index in [0.29, 0.717) is 18.4 Å². The number of ketones is 3. The molecule has 7 nitrogen and oxygen atoms in total. The van der Waals surface area contributed by atoms with Crippen LogP contribution in [-0.2, 0) is 22.4 Å². The molecule has 0 fully saturated rings. The third kappa shape index (κ3) is 2.70. The van der Waals surface area contributed by atoms with Crippen LogP contribution in [0.5, 0.6) is 5.75 Å². The molecule has 182 valence electrons. The van der Waals surface area contributed by atoms with E-state index >= 15 is 0 Å². The number of allylic oxidation sites excluding steroid dienone is 2. The number of carbonyl (C=O) groups is 3. The molecule has 0 saturated carbocycles. The Bertz CT molecular complexity index is 1220. The number of aliphatic hydroxyl groups excluding tert-OH is 2. The molecule has 4 N–H and O–H groups in total. The summed E-state index contributed by atoms with van der Waals surface area (Å²) in [5.74, 6) is -4.97. The van der Waals surface area contributed by atoms with Gasteiger partial charge >= 0.3 is 0 Å². The molecule has 1 unspecified atom stereocenters. The number of fused-ring (bicyclic) bond motifs is 3. The van der Waals surface area contributed by atoms with Crippen LogP contribution in [0.1, 0.15) is 69.4 Å². The zero-order valence-electron chi connectivity index (χ0n) is 20.4. The third-order valence-electron chi connectivity index (χ3n) is 8.37. The normalized spacial score (nSPS) is 33.1. The molecule has 4 atom stereocenters. The van der Waals surface area contributed by atoms with Gasteiger partial charge in [-0.05, 0) is 49.3 Å². The maximum absolute atomic E-state index is 13.7. The number of benzene rings is 1. The van der Waals surface area contributed by atoms with Crippen LogP contribution in [0.25, 0.3) is 0 Å². The molecule has 0 saturated heterocycles. The fourth-order valence-corrected chi connectivity index (χ4v) is 7.12. The van der Waals surface area contributed by atoms with Crippen LogP contribution in [0.4, 0.5) is 0 Å². The highest BCUT2D eigenvalue weighted by molar-refractivity contribution is 6.25. The Morgan fingerprint density at radius 2 is 1.76 bits per heavy atom. The Labute approximate surface area is 198 Å². The van der Waals surface area contributed by atoms with Crippen LogP contribution in [0.3, 0.4) is 0 Å². The molecule has 0 amide bonds. The first-order valence-corrected chi connectivity index (χ1v) is 11.7. The minimum absolute atomic E-state index is 0.0689. The van der Waals surface area contributed by atoms with Gasteiger partial charge in [0.25, 0.3) is 0 Å². The van der Waals surface area contributed by atoms with Gasteiger partial charge in [0.15, 0.2) is 17.2 Å². The van der Waals surface area contributed by atoms with Crippen LogP contribution >= 0.6 is 0 Å². The molecule has 3 aliphatic rings. The lowest BCUT2D eigenvalue weighted by Crippen LogP contribution is -2.67. The first kappa shape index (κ1) is 24.2. The molecule has 3 aliphatic carbocycles. The molecule has 1 aromatic carbocycles. The van der Waals surface area contributed by atoms with Gasteiger partial charge in [0.2, 0.25) is 5.78 Å². The highest BCUT2D eigenvalue weighted by Gasteiger charge is 2.71. The van der Waals surface area contributed by atoms with Crippen LogP contribution in [-0.4, -0.2) is 43.4 Å². The van der Waals surface area contributed by atoms with E-state index in [2.05, 4.69) is 0 Å². The van der Waals surface area contributed by atoms with Gasteiger partial charge in [-0.2, -0.15) is 0 Å². The molecule has 1 aromatic rings. The number of aryl methyl sites for hydroxylation is 1. The maximum Gasteiger partial charge on any atom is 0.209 e. The molecule has 34 heavy (non-hydrogen) atoms. The van der Waals surface area contributed by atoms with Crippen molar-refractivity contribution in [1.29, 1.82) is 0 Å². The van der Waals surface area contributed by atoms with Crippen molar-refractivity contribution in [3.8, 4) is 5.75 Å². The van der Waals surface area contributed by atoms with Gasteiger partial charge in [0.1, 0.15) is 22.8 Å². The minimum atomic E-state index is -2.57. The molecule has 0 aromatic heterocycles. The second-order valence-corrected chi connectivity index (χ2v) is 10.9. The van der Waals surface area contributed by atoms with Crippen LogP contribution in [0.2, 0.25) is 0 Å². The number of carbonyl (C=O) groups excluding carboxylic acids is 3. The van der Waals surface area contributed by atoms with Gasteiger partial charge in [-0.15, -0.1) is 0 Å². The van der Waals surface area contributed by atoms with Crippen LogP contribution < -0.4 is 0 Å². The van der Waals surface area contributed by atoms with Crippen LogP contribution in [0.15, 0.2) is 34.8 Å². The van der Waals surface area contributed by atoms with Gasteiger partial charge < -0.3 is 20.4 Å². The first-order chi connectivity index (χ1) is 15.7. The number of hydrogen-bond acceptors (Lipinski definition) is 7. The predicted octanol–water partition coefficient (Wildman–Crippen LogP) is 3.91. The summed E-state index contributed by atoms with van der Waals surface area (Å²) in [6.07, 6.45) is 1.04. The molecule has 0 aliphatic heterocycles. The fourth-order valence-electron chi connectivity index (χ4n) is 7.12. The Hall–Kier alpha value is -2.93. The lowest BCUT2D eigenvalue weighted by molar-refractivity contribution is -0.171. The van der Waals surface area contributed by atoms with Crippen molar-refractivity contribution in [3.05, 3.63) is 51.5 Å². The zero-order chi connectivity index (χ0) is 25.5. The predicted molar refractivity (Wildman–Crippen MR) is 125 cm³/mol. The number of hydrogen-bond donors (Lipinski definition) is 4. The lowest BCUT2D eigenvalue weighted by atomic mass is 9.44. The first-order valence-electron chi connectivity index (χ1n) is 11.7. The summed E-state index contributed by atoms with van der Waals surface area (Å²) in [7, 11) is 0. The van der Waals surface area contributed by atoms with Gasteiger partial charge in [-0.3, -0.25) is 14.4 Å². The number of aliphatic hydroxyl groups is 3. The van der Waals surface area contributed by atoms with Gasteiger partial charge in [0, 0.05) is 22.3 Å². The summed E-state index contributed by atoms with van der Waals surface area (Å²) in [6, 6.07) is 3.21. The van der Waals surface area contributed by atoms with E-state index in [9.17, 15) is 34.8 Å². The topological polar surface area (TPSA) is 132 Å². The molecule has 7 heteroatoms. The number of aromatic hydroxyl groups is 1. The summed E-state index contributed by atoms with van der Waals surface area (Å²) in [4.78, 5) is 39.7. The van der Waals surface area contributed by atoms with Crippen LogP contribution in [0, 0.1) is 22.7 Å². The third-order valence-corrected chi connectivity index (χ3v) is 8.37. The Morgan fingerprint density at radius 1 is 1.15 bits per heavy atom. The van der Waals surface area contributed by atoms with Crippen molar-refractivity contribution in [2.24, 2.45) is 22.7 Å². The van der Waals surface area contributed by atoms with Crippen molar-refractivity contribution in [3.63, 3.8) is 0 Å². The smallest absolute Gasteiger partial charge is 0.209 e. The fraction of sp³-hybridized carbons (Fsp3) is 0.519. The number of rotatable bonds is 3. The second-order valence-electron chi connectivity index (χ2n) is 10.9. The van der Waals surface area contributed by atoms with E-state index in [4.69, 9.17) is 0 Å². The summed E-state index contributed by atoms with van der Waals surface area (Å²) in [6.45, 7) is 10.1. The van der Waals surface area contributed by atoms with Crippen molar-refractivity contribution in [2.75, 3.05) is 0 Å². The molecule has 0 radical (unpaired) electrons. The lowest BCUT2D eigenvalue weighted by Gasteiger charge is -2.59. The largest absolute Gasteiger partial charge is 0.511 e. The van der Waals surface area contributed by atoms with Gasteiger partial charge in [-0.1, -0.05) is 40.7 Å². The Kier molecular flexibility index (Phi) is 5.18. The monoisotopic (exact) mass is 468 g/mol. The maximum atomic E-state index is 13.7. The highest BCUT2D eigenvalue weighted by atomic mass is 16.3. The van der Waals surface area contributed by atoms with E-state index in [0.717, 1.165) is 12.5 Å². The standard InChI is InChI=1S/C27H32O7/c1-7-14-8-9-16(29)18-15(14)10-25(5)11-26(6)19(12(2)3)21(30)17(13(4)28)23(32)27(26,34)24(33)20(25)22(18)31/h8-9,12,19,29-30,33-34H,7,10-11H2,1-6H3/t19?,25-,26-,27+/m1/s1. The summed E-state index contributed by atoms with van der Waals surface area (Å²) < 4.78 is 0. The quantitative estimate of drug-likeness (QED) is 0.495. The summed E-state index contributed by atoms with van der Waals surface area (Å²) >= 11 is 0. The van der Waals surface area contributed by atoms with E-state index in [1.54, 1.807) is 19.9 Å². The van der Waals surface area contributed by atoms with E-state index in [1.165, 1.54) is 6.07 Å². The van der Waals surface area contributed by atoms with Gasteiger partial charge in [-0.25, -0.2) is 0 Å². The van der Waals surface area contributed by atoms with Crippen molar-refractivity contribution in [2.45, 2.75) is 66.4 Å². The summed E-state index contributed by atoms with van der Waals surface area (Å²) in [5.41, 5.74) is -3.97. The molecular weight excluding hydrogens is 436 g/mol. The molecule has 4 rings (SSSR count). The van der Waals surface area contributed by atoms with E-state index in [1.807, 2.05) is 20.8 Å². The molecule has 0 bridgehead atoms. The Balaban J connectivity index is 2.09. The molecular formula is C27H32O7. The number of Topliss-reactive ketones (excluding diaryl/α,β-unsaturated/α-hetero) is 3. The van der Waals surface area contributed by atoms with Gasteiger partial charge in [0.05, 0.1) is 5.56 Å². The molecule has 0 heterocycles. The number of phenols is 1.